The molecule has 2 atom stereocenters. The fourth-order valence-corrected chi connectivity index (χ4v) is 3.34. The van der Waals surface area contributed by atoms with Crippen molar-refractivity contribution in [1.29, 1.82) is 0 Å². The Kier molecular flexibility index (Phi) is 5.23. The van der Waals surface area contributed by atoms with Gasteiger partial charge in [-0.05, 0) is 44.4 Å². The van der Waals surface area contributed by atoms with E-state index in [0.29, 0.717) is 24.2 Å². The molecule has 0 aliphatic heterocycles. The lowest BCUT2D eigenvalue weighted by Crippen LogP contribution is -2.43. The van der Waals surface area contributed by atoms with Gasteiger partial charge in [0.05, 0.1) is 17.9 Å². The normalized spacial score (nSPS) is 22.3. The second-order valence-electron chi connectivity index (χ2n) is 6.33. The Hall–Kier alpha value is -1.55. The van der Waals surface area contributed by atoms with E-state index < -0.39 is 0 Å². The molecule has 0 saturated heterocycles. The van der Waals surface area contributed by atoms with Gasteiger partial charge >= 0.3 is 0 Å². The molecule has 0 spiro atoms. The first-order valence-corrected chi connectivity index (χ1v) is 7.84. The highest BCUT2D eigenvalue weighted by Gasteiger charge is 2.26. The van der Waals surface area contributed by atoms with Crippen LogP contribution >= 0.6 is 0 Å². The van der Waals surface area contributed by atoms with Crippen molar-refractivity contribution in [3.63, 3.8) is 0 Å². The number of carbonyl (C=O) groups excluding carboxylic acids is 1. The topological polar surface area (TPSA) is 58.4 Å². The second kappa shape index (κ2) is 6.94. The van der Waals surface area contributed by atoms with E-state index in [1.165, 1.54) is 25.7 Å². The zero-order valence-electron chi connectivity index (χ0n) is 13.4. The van der Waals surface area contributed by atoms with E-state index in [0.717, 1.165) is 11.3 Å². The van der Waals surface area contributed by atoms with E-state index in [4.69, 9.17) is 5.73 Å². The predicted molar refractivity (Wildman–Crippen MR) is 88.3 cm³/mol. The Bertz CT molecular complexity index is 481. The number of nitrogens with zero attached hydrogens (tertiary/aromatic N) is 1. The van der Waals surface area contributed by atoms with E-state index in [9.17, 15) is 4.79 Å². The van der Waals surface area contributed by atoms with Crippen molar-refractivity contribution in [3.8, 4) is 0 Å². The molecule has 1 fully saturated rings. The minimum atomic E-state index is 0.0104. The van der Waals surface area contributed by atoms with Gasteiger partial charge in [-0.2, -0.15) is 0 Å². The van der Waals surface area contributed by atoms with Gasteiger partial charge < -0.3 is 11.1 Å². The third kappa shape index (κ3) is 3.97. The van der Waals surface area contributed by atoms with Gasteiger partial charge in [-0.1, -0.05) is 31.9 Å². The molecule has 1 aromatic rings. The second-order valence-corrected chi connectivity index (χ2v) is 6.33. The Labute approximate surface area is 127 Å². The van der Waals surface area contributed by atoms with E-state index in [2.05, 4.69) is 17.1 Å². The monoisotopic (exact) mass is 289 g/mol. The van der Waals surface area contributed by atoms with Gasteiger partial charge in [0, 0.05) is 6.04 Å². The van der Waals surface area contributed by atoms with Crippen LogP contribution in [0.2, 0.25) is 0 Å². The summed E-state index contributed by atoms with van der Waals surface area (Å²) in [5.41, 5.74) is 8.30. The lowest BCUT2D eigenvalue weighted by molar-refractivity contribution is -0.117. The van der Waals surface area contributed by atoms with Gasteiger partial charge in [0.2, 0.25) is 5.91 Å². The van der Waals surface area contributed by atoms with Gasteiger partial charge in [-0.25, -0.2) is 0 Å². The molecule has 2 unspecified atom stereocenters. The predicted octanol–water partition coefficient (Wildman–Crippen LogP) is 3.03. The van der Waals surface area contributed by atoms with Gasteiger partial charge in [0.15, 0.2) is 0 Å². The Balaban J connectivity index is 1.95. The number of nitrogens with one attached hydrogen (secondary N) is 1. The van der Waals surface area contributed by atoms with Crippen molar-refractivity contribution in [2.75, 3.05) is 24.6 Å². The molecule has 1 saturated carbocycles. The van der Waals surface area contributed by atoms with Crippen molar-refractivity contribution in [3.05, 3.63) is 23.8 Å². The van der Waals surface area contributed by atoms with Crippen LogP contribution in [0.4, 0.5) is 11.4 Å². The van der Waals surface area contributed by atoms with Crippen molar-refractivity contribution < 1.29 is 4.79 Å². The number of rotatable bonds is 4. The van der Waals surface area contributed by atoms with Crippen LogP contribution in [0.3, 0.4) is 0 Å². The molecule has 1 aliphatic rings. The molecule has 21 heavy (non-hydrogen) atoms. The lowest BCUT2D eigenvalue weighted by Gasteiger charge is -2.35. The molecule has 0 radical (unpaired) electrons. The van der Waals surface area contributed by atoms with Crippen LogP contribution in [0.1, 0.15) is 38.2 Å². The number of aryl methyl sites for hydroxylation is 1. The van der Waals surface area contributed by atoms with Crippen LogP contribution in [0.5, 0.6) is 0 Å². The first-order valence-electron chi connectivity index (χ1n) is 7.84. The number of hydrogen-bond donors (Lipinski definition) is 2. The molecule has 2 rings (SSSR count). The molecule has 0 bridgehead atoms. The van der Waals surface area contributed by atoms with Crippen LogP contribution in [0, 0.1) is 12.8 Å². The van der Waals surface area contributed by atoms with E-state index in [-0.39, 0.29) is 5.91 Å². The van der Waals surface area contributed by atoms with Crippen LogP contribution < -0.4 is 11.1 Å². The minimum Gasteiger partial charge on any atom is -0.397 e. The summed E-state index contributed by atoms with van der Waals surface area (Å²) in [5.74, 6) is 0.677. The Morgan fingerprint density at radius 2 is 2.10 bits per heavy atom. The SMILES string of the molecule is Cc1cccc(N)c1NC(=O)CN(C)C1CCCCC1C. The number of nitrogen functional groups attached to an aromatic ring is 1. The summed E-state index contributed by atoms with van der Waals surface area (Å²) in [5, 5.41) is 2.96. The lowest BCUT2D eigenvalue weighted by atomic mass is 9.85. The first kappa shape index (κ1) is 15.8. The average molecular weight is 289 g/mol. The molecule has 3 N–H and O–H groups in total. The van der Waals surface area contributed by atoms with Gasteiger partial charge in [0.25, 0.3) is 0 Å². The maximum atomic E-state index is 12.3. The summed E-state index contributed by atoms with van der Waals surface area (Å²) in [6.45, 7) is 4.67. The highest BCUT2D eigenvalue weighted by Crippen LogP contribution is 2.27. The Morgan fingerprint density at radius 1 is 1.38 bits per heavy atom. The summed E-state index contributed by atoms with van der Waals surface area (Å²) < 4.78 is 0. The number of anilines is 2. The number of likely N-dealkylation sites (N-methyl/N-ethyl adjacent to an activating group) is 1. The number of carbonyl (C=O) groups is 1. The molecule has 4 nitrogen and oxygen atoms in total. The van der Waals surface area contributed by atoms with Crippen LogP contribution in [-0.2, 0) is 4.79 Å². The molecule has 1 aliphatic carbocycles. The number of amides is 1. The molecule has 1 amide bonds. The molecule has 0 heterocycles. The fraction of sp³-hybridized carbons (Fsp3) is 0.588. The highest BCUT2D eigenvalue weighted by molar-refractivity contribution is 5.96. The first-order chi connectivity index (χ1) is 9.99. The number of nitrogens with two attached hydrogens (primary N) is 1. The largest absolute Gasteiger partial charge is 0.397 e. The van der Waals surface area contributed by atoms with E-state index in [1.54, 1.807) is 0 Å². The summed E-state index contributed by atoms with van der Waals surface area (Å²) in [6.07, 6.45) is 5.04. The molecule has 1 aromatic carbocycles. The molecule has 4 heteroatoms. The smallest absolute Gasteiger partial charge is 0.238 e. The zero-order valence-corrected chi connectivity index (χ0v) is 13.4. The van der Waals surface area contributed by atoms with Gasteiger partial charge in [-0.15, -0.1) is 0 Å². The average Bonchev–Trinajstić information content (AvgIpc) is 2.43. The summed E-state index contributed by atoms with van der Waals surface area (Å²) in [7, 11) is 2.05. The minimum absolute atomic E-state index is 0.0104. The number of benzene rings is 1. The van der Waals surface area contributed by atoms with E-state index in [1.807, 2.05) is 32.2 Å². The Morgan fingerprint density at radius 3 is 2.76 bits per heavy atom. The van der Waals surface area contributed by atoms with Crippen LogP contribution in [-0.4, -0.2) is 30.4 Å². The molecular weight excluding hydrogens is 262 g/mol. The van der Waals surface area contributed by atoms with Crippen molar-refractivity contribution in [1.82, 2.24) is 4.90 Å². The van der Waals surface area contributed by atoms with Gasteiger partial charge in [-0.3, -0.25) is 9.69 Å². The van der Waals surface area contributed by atoms with Crippen LogP contribution in [0.25, 0.3) is 0 Å². The number of para-hydroxylation sites is 1. The quantitative estimate of drug-likeness (QED) is 0.838. The van der Waals surface area contributed by atoms with Crippen LogP contribution in [0.15, 0.2) is 18.2 Å². The van der Waals surface area contributed by atoms with Crippen molar-refractivity contribution in [2.24, 2.45) is 5.92 Å². The van der Waals surface area contributed by atoms with Gasteiger partial charge in [0.1, 0.15) is 0 Å². The molecular formula is C17H27N3O. The third-order valence-corrected chi connectivity index (χ3v) is 4.59. The molecule has 0 aromatic heterocycles. The van der Waals surface area contributed by atoms with Crippen molar-refractivity contribution >= 4 is 17.3 Å². The van der Waals surface area contributed by atoms with E-state index >= 15 is 0 Å². The molecule has 116 valence electrons. The highest BCUT2D eigenvalue weighted by atomic mass is 16.2. The van der Waals surface area contributed by atoms with Crippen molar-refractivity contribution in [2.45, 2.75) is 45.6 Å². The summed E-state index contributed by atoms with van der Waals surface area (Å²) >= 11 is 0. The maximum Gasteiger partial charge on any atom is 0.238 e. The maximum absolute atomic E-state index is 12.3. The zero-order chi connectivity index (χ0) is 15.4. The summed E-state index contributed by atoms with van der Waals surface area (Å²) in [4.78, 5) is 14.5. The third-order valence-electron chi connectivity index (χ3n) is 4.59. The summed E-state index contributed by atoms with van der Waals surface area (Å²) in [6, 6.07) is 6.18. The fourth-order valence-electron chi connectivity index (χ4n) is 3.34. The standard InChI is InChI=1S/C17H27N3O/c1-12-7-4-5-10-15(12)20(3)11-16(21)19-17-13(2)8-6-9-14(17)18/h6,8-9,12,15H,4-5,7,10-11,18H2,1-3H3,(H,19,21). The number of hydrogen-bond acceptors (Lipinski definition) is 3.